The Hall–Kier alpha value is -2.63. The number of ether oxygens (including phenoxy) is 1. The van der Waals surface area contributed by atoms with Gasteiger partial charge in [-0.15, -0.1) is 0 Å². The number of rotatable bonds is 4. The van der Waals surface area contributed by atoms with Crippen LogP contribution in [0.15, 0.2) is 39.5 Å². The monoisotopic (exact) mass is 395 g/mol. The van der Waals surface area contributed by atoms with Crippen molar-refractivity contribution in [3.05, 3.63) is 46.3 Å². The summed E-state index contributed by atoms with van der Waals surface area (Å²) in [7, 11) is 0. The molecular weight excluding hydrogens is 370 g/mol. The Morgan fingerprint density at radius 1 is 1.10 bits per heavy atom. The lowest BCUT2D eigenvalue weighted by Crippen LogP contribution is -2.61. The zero-order valence-electron chi connectivity index (χ0n) is 16.5. The number of carbonyl (C=O) groups excluding carboxylic acids is 2. The van der Waals surface area contributed by atoms with E-state index in [0.29, 0.717) is 28.7 Å². The van der Waals surface area contributed by atoms with Gasteiger partial charge in [-0.3, -0.25) is 9.59 Å². The number of fused-ring (bicyclic) bond motifs is 1. The van der Waals surface area contributed by atoms with Crippen molar-refractivity contribution in [1.82, 2.24) is 5.32 Å². The lowest BCUT2D eigenvalue weighted by atomic mass is 9.53. The van der Waals surface area contributed by atoms with Gasteiger partial charge in [0.25, 0.3) is 5.91 Å². The Kier molecular flexibility index (Phi) is 4.26. The molecule has 152 valence electrons. The van der Waals surface area contributed by atoms with Gasteiger partial charge in [0.15, 0.2) is 11.5 Å². The van der Waals surface area contributed by atoms with Gasteiger partial charge in [0.05, 0.1) is 5.39 Å². The SMILES string of the molecule is C[C@@H](OC(=O)c1cc(=O)c2ccccc2o1)C(=O)NC12CC3CC(CC(C3)C1)C2. The summed E-state index contributed by atoms with van der Waals surface area (Å²) in [5.41, 5.74) is -0.135. The molecule has 0 spiro atoms. The number of nitrogens with one attached hydrogen (secondary N) is 1. The molecule has 2 aromatic rings. The van der Waals surface area contributed by atoms with Gasteiger partial charge in [0, 0.05) is 11.6 Å². The normalized spacial score (nSPS) is 30.9. The van der Waals surface area contributed by atoms with Crippen molar-refractivity contribution in [3.63, 3.8) is 0 Å². The standard InChI is InChI=1S/C23H25NO5/c1-13(21(26)24-23-10-14-6-15(11-23)8-16(7-14)12-23)28-22(27)20-9-18(25)17-4-2-3-5-19(17)29-20/h2-5,9,13-16H,6-8,10-12H2,1H3,(H,24,26)/t13-,14?,15?,16?,23?/m1/s1. The van der Waals surface area contributed by atoms with Gasteiger partial charge in [0.2, 0.25) is 5.76 Å². The maximum Gasteiger partial charge on any atom is 0.375 e. The maximum absolute atomic E-state index is 12.8. The van der Waals surface area contributed by atoms with Crippen LogP contribution in [0.4, 0.5) is 0 Å². The van der Waals surface area contributed by atoms with Crippen molar-refractivity contribution in [1.29, 1.82) is 0 Å². The van der Waals surface area contributed by atoms with Crippen LogP contribution in [0.2, 0.25) is 0 Å². The molecule has 0 aliphatic heterocycles. The summed E-state index contributed by atoms with van der Waals surface area (Å²) in [6.07, 6.45) is 6.02. The van der Waals surface area contributed by atoms with Crippen molar-refractivity contribution in [2.75, 3.05) is 0 Å². The molecule has 0 unspecified atom stereocenters. The Balaban J connectivity index is 1.28. The maximum atomic E-state index is 12.8. The van der Waals surface area contributed by atoms with Gasteiger partial charge in [-0.1, -0.05) is 12.1 Å². The molecule has 1 N–H and O–H groups in total. The first kappa shape index (κ1) is 18.4. The highest BCUT2D eigenvalue weighted by atomic mass is 16.6. The molecule has 6 heteroatoms. The minimum atomic E-state index is -0.952. The highest BCUT2D eigenvalue weighted by Gasteiger charge is 2.51. The van der Waals surface area contributed by atoms with Crippen LogP contribution in [0.1, 0.15) is 56.0 Å². The summed E-state index contributed by atoms with van der Waals surface area (Å²) >= 11 is 0. The van der Waals surface area contributed by atoms with E-state index in [1.165, 1.54) is 19.3 Å². The van der Waals surface area contributed by atoms with E-state index in [9.17, 15) is 14.4 Å². The average Bonchev–Trinajstić information content (AvgIpc) is 2.66. The van der Waals surface area contributed by atoms with Gasteiger partial charge in [-0.25, -0.2) is 4.79 Å². The predicted octanol–water partition coefficient (Wildman–Crippen LogP) is 3.42. The van der Waals surface area contributed by atoms with Crippen molar-refractivity contribution in [2.24, 2.45) is 17.8 Å². The van der Waals surface area contributed by atoms with Crippen LogP contribution >= 0.6 is 0 Å². The Labute approximate surface area is 168 Å². The number of benzene rings is 1. The number of para-hydroxylation sites is 1. The van der Waals surface area contributed by atoms with Crippen molar-refractivity contribution in [3.8, 4) is 0 Å². The van der Waals surface area contributed by atoms with Crippen LogP contribution in [0.5, 0.6) is 0 Å². The molecule has 1 heterocycles. The molecule has 4 saturated carbocycles. The zero-order valence-corrected chi connectivity index (χ0v) is 16.5. The van der Waals surface area contributed by atoms with Gasteiger partial charge >= 0.3 is 5.97 Å². The van der Waals surface area contributed by atoms with Crippen LogP contribution in [-0.4, -0.2) is 23.5 Å². The van der Waals surface area contributed by atoms with E-state index in [1.807, 2.05) is 0 Å². The molecule has 6 nitrogen and oxygen atoms in total. The minimum Gasteiger partial charge on any atom is -0.449 e. The molecular formula is C23H25NO5. The van der Waals surface area contributed by atoms with Crippen molar-refractivity contribution in [2.45, 2.75) is 57.1 Å². The van der Waals surface area contributed by atoms with Crippen LogP contribution in [0, 0.1) is 17.8 Å². The number of carbonyl (C=O) groups is 2. The second kappa shape index (κ2) is 6.71. The summed E-state index contributed by atoms with van der Waals surface area (Å²) in [6, 6.07) is 7.83. The molecule has 0 radical (unpaired) electrons. The van der Waals surface area contributed by atoms with Crippen LogP contribution in [0.25, 0.3) is 11.0 Å². The van der Waals surface area contributed by atoms with Crippen LogP contribution in [0.3, 0.4) is 0 Å². The van der Waals surface area contributed by atoms with Crippen LogP contribution < -0.4 is 10.7 Å². The third-order valence-corrected chi connectivity index (χ3v) is 6.92. The Morgan fingerprint density at radius 3 is 2.38 bits per heavy atom. The molecule has 1 atom stereocenters. The van der Waals surface area contributed by atoms with E-state index in [-0.39, 0.29) is 22.6 Å². The largest absolute Gasteiger partial charge is 0.449 e. The molecule has 0 saturated heterocycles. The topological polar surface area (TPSA) is 85.6 Å². The summed E-state index contributed by atoms with van der Waals surface area (Å²) in [4.78, 5) is 37.5. The molecule has 4 aliphatic carbocycles. The fourth-order valence-electron chi connectivity index (χ4n) is 6.10. The van der Waals surface area contributed by atoms with E-state index in [1.54, 1.807) is 31.2 Å². The van der Waals surface area contributed by atoms with Gasteiger partial charge in [0.1, 0.15) is 5.58 Å². The fourth-order valence-corrected chi connectivity index (χ4v) is 6.10. The quantitative estimate of drug-likeness (QED) is 0.802. The van der Waals surface area contributed by atoms with Gasteiger partial charge in [-0.05, 0) is 75.3 Å². The molecule has 1 aromatic carbocycles. The first-order valence-corrected chi connectivity index (χ1v) is 10.5. The van der Waals surface area contributed by atoms with Crippen molar-refractivity contribution < 1.29 is 18.7 Å². The third-order valence-electron chi connectivity index (χ3n) is 6.92. The van der Waals surface area contributed by atoms with Crippen molar-refractivity contribution >= 4 is 22.8 Å². The molecule has 6 rings (SSSR count). The first-order chi connectivity index (χ1) is 13.9. The lowest BCUT2D eigenvalue weighted by Gasteiger charge is -2.57. The molecule has 4 fully saturated rings. The first-order valence-electron chi connectivity index (χ1n) is 10.5. The summed E-state index contributed by atoms with van der Waals surface area (Å²) in [5, 5.41) is 3.61. The fraction of sp³-hybridized carbons (Fsp3) is 0.522. The number of hydrogen-bond donors (Lipinski definition) is 1. The summed E-state index contributed by atoms with van der Waals surface area (Å²) < 4.78 is 10.8. The molecule has 1 aromatic heterocycles. The molecule has 29 heavy (non-hydrogen) atoms. The highest BCUT2D eigenvalue weighted by molar-refractivity contribution is 5.91. The minimum absolute atomic E-state index is 0.137. The Bertz CT molecular complexity index is 1000. The van der Waals surface area contributed by atoms with E-state index < -0.39 is 12.1 Å². The second-order valence-corrected chi connectivity index (χ2v) is 9.21. The average molecular weight is 395 g/mol. The van der Waals surface area contributed by atoms with E-state index in [4.69, 9.17) is 9.15 Å². The second-order valence-electron chi connectivity index (χ2n) is 9.21. The third kappa shape index (κ3) is 3.34. The number of hydrogen-bond acceptors (Lipinski definition) is 5. The Morgan fingerprint density at radius 2 is 1.72 bits per heavy atom. The molecule has 1 amide bonds. The lowest BCUT2D eigenvalue weighted by molar-refractivity contribution is -0.135. The number of amides is 1. The highest BCUT2D eigenvalue weighted by Crippen LogP contribution is 2.55. The van der Waals surface area contributed by atoms with E-state index in [2.05, 4.69) is 5.32 Å². The van der Waals surface area contributed by atoms with Gasteiger partial charge < -0.3 is 14.5 Å². The number of esters is 1. The molecule has 4 bridgehead atoms. The predicted molar refractivity (Wildman–Crippen MR) is 106 cm³/mol. The molecule has 4 aliphatic rings. The van der Waals surface area contributed by atoms with Gasteiger partial charge in [-0.2, -0.15) is 0 Å². The summed E-state index contributed by atoms with van der Waals surface area (Å²) in [5.74, 6) is 0.872. The van der Waals surface area contributed by atoms with Crippen LogP contribution in [-0.2, 0) is 9.53 Å². The smallest absolute Gasteiger partial charge is 0.375 e. The van der Waals surface area contributed by atoms with E-state index >= 15 is 0 Å². The summed E-state index contributed by atoms with van der Waals surface area (Å²) in [6.45, 7) is 1.56. The zero-order chi connectivity index (χ0) is 20.2. The van der Waals surface area contributed by atoms with E-state index in [0.717, 1.165) is 25.3 Å².